The van der Waals surface area contributed by atoms with E-state index in [1.165, 1.54) is 6.42 Å². The van der Waals surface area contributed by atoms with Crippen LogP contribution in [0.1, 0.15) is 57.0 Å². The van der Waals surface area contributed by atoms with Crippen molar-refractivity contribution in [1.82, 2.24) is 15.3 Å². The van der Waals surface area contributed by atoms with Gasteiger partial charge in [0.2, 0.25) is 0 Å². The molecule has 0 atom stereocenters. The maximum Gasteiger partial charge on any atom is 0.151 e. The molecule has 0 fully saturated rings. The highest BCUT2D eigenvalue weighted by molar-refractivity contribution is 6.30. The standard InChI is InChI=1S/C14H26ClN3O/c1-2-3-8-13-17-12(14(15)18-13)11-16-9-6-4-5-7-10-19/h16,19H,2-11H2,1H3,(H,17,18). The molecular weight excluding hydrogens is 262 g/mol. The Morgan fingerprint density at radius 2 is 2.00 bits per heavy atom. The summed E-state index contributed by atoms with van der Waals surface area (Å²) in [6.07, 6.45) is 7.58. The van der Waals surface area contributed by atoms with Crippen LogP contribution in [0.25, 0.3) is 0 Å². The Bertz CT molecular complexity index is 341. The predicted octanol–water partition coefficient (Wildman–Crippen LogP) is 3.05. The summed E-state index contributed by atoms with van der Waals surface area (Å²) >= 11 is 6.10. The zero-order valence-corrected chi connectivity index (χ0v) is 12.6. The Morgan fingerprint density at radius 1 is 1.21 bits per heavy atom. The maximum atomic E-state index is 8.67. The number of aliphatic hydroxyl groups is 1. The van der Waals surface area contributed by atoms with Crippen LogP contribution in [-0.2, 0) is 13.0 Å². The number of aromatic nitrogens is 2. The van der Waals surface area contributed by atoms with E-state index in [2.05, 4.69) is 22.2 Å². The van der Waals surface area contributed by atoms with Crippen LogP contribution in [0.3, 0.4) is 0 Å². The highest BCUT2D eigenvalue weighted by atomic mass is 35.5. The second kappa shape index (κ2) is 10.2. The number of nitrogens with one attached hydrogen (secondary N) is 2. The van der Waals surface area contributed by atoms with Gasteiger partial charge < -0.3 is 15.4 Å². The van der Waals surface area contributed by atoms with Crippen LogP contribution >= 0.6 is 11.6 Å². The van der Waals surface area contributed by atoms with E-state index < -0.39 is 0 Å². The van der Waals surface area contributed by atoms with E-state index in [1.54, 1.807) is 0 Å². The number of unbranched alkanes of at least 4 members (excludes halogenated alkanes) is 4. The van der Waals surface area contributed by atoms with Gasteiger partial charge in [0.1, 0.15) is 5.82 Å². The van der Waals surface area contributed by atoms with Crippen LogP contribution < -0.4 is 5.32 Å². The minimum atomic E-state index is 0.303. The molecule has 0 saturated carbocycles. The van der Waals surface area contributed by atoms with Gasteiger partial charge in [-0.2, -0.15) is 0 Å². The minimum absolute atomic E-state index is 0.303. The summed E-state index contributed by atoms with van der Waals surface area (Å²) in [4.78, 5) is 7.62. The maximum absolute atomic E-state index is 8.67. The summed E-state index contributed by atoms with van der Waals surface area (Å²) in [6.45, 7) is 4.20. The Balaban J connectivity index is 2.16. The number of halogens is 1. The molecule has 3 N–H and O–H groups in total. The number of imidazole rings is 1. The summed E-state index contributed by atoms with van der Waals surface area (Å²) in [5, 5.41) is 12.6. The summed E-state index contributed by atoms with van der Waals surface area (Å²) < 4.78 is 0. The van der Waals surface area contributed by atoms with E-state index in [-0.39, 0.29) is 0 Å². The Kier molecular flexibility index (Phi) is 8.88. The lowest BCUT2D eigenvalue weighted by Crippen LogP contribution is -2.15. The van der Waals surface area contributed by atoms with Crippen LogP contribution in [0.4, 0.5) is 0 Å². The molecule has 4 nitrogen and oxygen atoms in total. The molecule has 5 heteroatoms. The topological polar surface area (TPSA) is 60.9 Å². The van der Waals surface area contributed by atoms with Crippen molar-refractivity contribution in [3.05, 3.63) is 16.7 Å². The first kappa shape index (κ1) is 16.5. The molecule has 0 amide bonds. The zero-order valence-electron chi connectivity index (χ0n) is 11.8. The van der Waals surface area contributed by atoms with E-state index >= 15 is 0 Å². The number of aryl methyl sites for hydroxylation is 1. The molecule has 0 aliphatic carbocycles. The van der Waals surface area contributed by atoms with Crippen molar-refractivity contribution in [2.24, 2.45) is 0 Å². The Morgan fingerprint density at radius 3 is 2.74 bits per heavy atom. The number of hydrogen-bond donors (Lipinski definition) is 3. The molecule has 0 aliphatic rings. The van der Waals surface area contributed by atoms with Gasteiger partial charge in [-0.05, 0) is 25.8 Å². The third kappa shape index (κ3) is 6.95. The van der Waals surface area contributed by atoms with E-state index in [0.717, 1.165) is 63.1 Å². The summed E-state index contributed by atoms with van der Waals surface area (Å²) in [7, 11) is 0. The second-order valence-corrected chi connectivity index (χ2v) is 5.23. The first-order chi connectivity index (χ1) is 9.27. The van der Waals surface area contributed by atoms with E-state index in [0.29, 0.717) is 11.8 Å². The molecule has 0 saturated heterocycles. The van der Waals surface area contributed by atoms with Crippen LogP contribution in [0.5, 0.6) is 0 Å². The quantitative estimate of drug-likeness (QED) is 0.548. The smallest absolute Gasteiger partial charge is 0.151 e. The van der Waals surface area contributed by atoms with Gasteiger partial charge in [-0.3, -0.25) is 0 Å². The average Bonchev–Trinajstić information content (AvgIpc) is 2.76. The van der Waals surface area contributed by atoms with Crippen LogP contribution in [-0.4, -0.2) is 28.2 Å². The van der Waals surface area contributed by atoms with Crippen molar-refractivity contribution < 1.29 is 5.11 Å². The molecular formula is C14H26ClN3O. The summed E-state index contributed by atoms with van der Waals surface area (Å²) in [6, 6.07) is 0. The Hall–Kier alpha value is -0.580. The van der Waals surface area contributed by atoms with Crippen molar-refractivity contribution in [1.29, 1.82) is 0 Å². The van der Waals surface area contributed by atoms with Gasteiger partial charge in [-0.1, -0.05) is 37.8 Å². The van der Waals surface area contributed by atoms with Gasteiger partial charge in [0.25, 0.3) is 0 Å². The van der Waals surface area contributed by atoms with Gasteiger partial charge in [0.15, 0.2) is 5.15 Å². The molecule has 0 unspecified atom stereocenters. The van der Waals surface area contributed by atoms with Crippen molar-refractivity contribution in [3.8, 4) is 0 Å². The largest absolute Gasteiger partial charge is 0.396 e. The summed E-state index contributed by atoms with van der Waals surface area (Å²) in [5.74, 6) is 0.992. The van der Waals surface area contributed by atoms with Crippen molar-refractivity contribution >= 4 is 11.6 Å². The SMILES string of the molecule is CCCCc1nc(Cl)c(CNCCCCCCO)[nH]1. The van der Waals surface area contributed by atoms with Gasteiger partial charge in [0.05, 0.1) is 5.69 Å². The van der Waals surface area contributed by atoms with Crippen molar-refractivity contribution in [3.63, 3.8) is 0 Å². The molecule has 0 spiro atoms. The van der Waals surface area contributed by atoms with Crippen LogP contribution in [0, 0.1) is 0 Å². The van der Waals surface area contributed by atoms with Crippen LogP contribution in [0.15, 0.2) is 0 Å². The Labute approximate surface area is 121 Å². The highest BCUT2D eigenvalue weighted by Crippen LogP contribution is 2.13. The number of hydrogen-bond acceptors (Lipinski definition) is 3. The molecule has 0 aliphatic heterocycles. The van der Waals surface area contributed by atoms with Gasteiger partial charge in [-0.25, -0.2) is 4.98 Å². The van der Waals surface area contributed by atoms with E-state index in [4.69, 9.17) is 16.7 Å². The van der Waals surface area contributed by atoms with Gasteiger partial charge in [-0.15, -0.1) is 0 Å². The molecule has 0 radical (unpaired) electrons. The zero-order chi connectivity index (χ0) is 13.9. The first-order valence-electron chi connectivity index (χ1n) is 7.32. The number of aliphatic hydroxyl groups excluding tert-OH is 1. The summed E-state index contributed by atoms with van der Waals surface area (Å²) in [5.41, 5.74) is 0.989. The lowest BCUT2D eigenvalue weighted by molar-refractivity contribution is 0.282. The minimum Gasteiger partial charge on any atom is -0.396 e. The molecule has 0 bridgehead atoms. The van der Waals surface area contributed by atoms with E-state index in [1.807, 2.05) is 0 Å². The average molecular weight is 288 g/mol. The number of H-pyrrole nitrogens is 1. The van der Waals surface area contributed by atoms with Gasteiger partial charge >= 0.3 is 0 Å². The lowest BCUT2D eigenvalue weighted by atomic mass is 10.2. The van der Waals surface area contributed by atoms with Crippen LogP contribution in [0.2, 0.25) is 5.15 Å². The predicted molar refractivity (Wildman–Crippen MR) is 79.5 cm³/mol. The third-order valence-corrected chi connectivity index (χ3v) is 3.42. The fourth-order valence-corrected chi connectivity index (χ4v) is 2.16. The van der Waals surface area contributed by atoms with Gasteiger partial charge in [0, 0.05) is 19.6 Å². The molecule has 1 aromatic heterocycles. The fourth-order valence-electron chi connectivity index (χ4n) is 1.95. The molecule has 1 heterocycles. The fraction of sp³-hybridized carbons (Fsp3) is 0.786. The number of aromatic amines is 1. The molecule has 110 valence electrons. The monoisotopic (exact) mass is 287 g/mol. The molecule has 19 heavy (non-hydrogen) atoms. The molecule has 1 rings (SSSR count). The van der Waals surface area contributed by atoms with E-state index in [9.17, 15) is 0 Å². The number of nitrogens with zero attached hydrogens (tertiary/aromatic N) is 1. The van der Waals surface area contributed by atoms with Crippen molar-refractivity contribution in [2.75, 3.05) is 13.2 Å². The highest BCUT2D eigenvalue weighted by Gasteiger charge is 2.07. The third-order valence-electron chi connectivity index (χ3n) is 3.11. The normalized spacial score (nSPS) is 11.1. The molecule has 0 aromatic carbocycles. The molecule has 1 aromatic rings. The first-order valence-corrected chi connectivity index (χ1v) is 7.70. The van der Waals surface area contributed by atoms with Crippen molar-refractivity contribution in [2.45, 2.75) is 58.4 Å². The second-order valence-electron chi connectivity index (χ2n) is 4.87. The lowest BCUT2D eigenvalue weighted by Gasteiger charge is -2.03. The number of rotatable bonds is 11.